The third-order valence-electron chi connectivity index (χ3n) is 4.45. The van der Waals surface area contributed by atoms with Gasteiger partial charge in [0.25, 0.3) is 0 Å². The van der Waals surface area contributed by atoms with Crippen molar-refractivity contribution < 1.29 is 9.53 Å². The average Bonchev–Trinajstić information content (AvgIpc) is 2.91. The average molecular weight is 330 g/mol. The number of nitrogens with zero attached hydrogens (tertiary/aromatic N) is 3. The van der Waals surface area contributed by atoms with Gasteiger partial charge in [-0.25, -0.2) is 4.98 Å². The number of hydrogen-bond acceptors (Lipinski definition) is 4. The standard InChI is InChI=1S/C18H26N4O2/c1-13(2)18(23)19-14-5-6-16-15(11-14)20-17-12-21(7-4-10-24-3)8-9-22(16)17/h5-6,11,13H,4,7-10,12H2,1-3H3,(H,19,23). The number of fused-ring (bicyclic) bond motifs is 3. The molecule has 0 bridgehead atoms. The summed E-state index contributed by atoms with van der Waals surface area (Å²) in [6.07, 6.45) is 1.04. The van der Waals surface area contributed by atoms with Crippen LogP contribution >= 0.6 is 0 Å². The zero-order valence-electron chi connectivity index (χ0n) is 14.7. The molecule has 2 heterocycles. The van der Waals surface area contributed by atoms with Gasteiger partial charge in [0.15, 0.2) is 0 Å². The van der Waals surface area contributed by atoms with Crippen LogP contribution in [-0.2, 0) is 22.6 Å². The molecule has 1 aliphatic rings. The highest BCUT2D eigenvalue weighted by Crippen LogP contribution is 2.24. The quantitative estimate of drug-likeness (QED) is 0.827. The summed E-state index contributed by atoms with van der Waals surface area (Å²) in [4.78, 5) is 19.1. The van der Waals surface area contributed by atoms with Gasteiger partial charge in [0.2, 0.25) is 5.91 Å². The van der Waals surface area contributed by atoms with Gasteiger partial charge >= 0.3 is 0 Å². The number of amides is 1. The Morgan fingerprint density at radius 1 is 1.38 bits per heavy atom. The number of nitrogens with one attached hydrogen (secondary N) is 1. The van der Waals surface area contributed by atoms with E-state index in [1.165, 1.54) is 0 Å². The molecule has 1 aromatic carbocycles. The number of aromatic nitrogens is 2. The molecular formula is C18H26N4O2. The molecule has 0 saturated carbocycles. The predicted octanol–water partition coefficient (Wildman–Crippen LogP) is 2.48. The summed E-state index contributed by atoms with van der Waals surface area (Å²) in [5.41, 5.74) is 2.91. The van der Waals surface area contributed by atoms with Crippen LogP contribution in [0.15, 0.2) is 18.2 Å². The molecule has 6 nitrogen and oxygen atoms in total. The molecule has 3 rings (SSSR count). The van der Waals surface area contributed by atoms with Gasteiger partial charge in [-0.3, -0.25) is 9.69 Å². The Balaban J connectivity index is 1.76. The van der Waals surface area contributed by atoms with Crippen molar-refractivity contribution in [2.45, 2.75) is 33.4 Å². The summed E-state index contributed by atoms with van der Waals surface area (Å²) in [6.45, 7) is 8.47. The molecular weight excluding hydrogens is 304 g/mol. The number of rotatable bonds is 6. The first kappa shape index (κ1) is 16.9. The van der Waals surface area contributed by atoms with Crippen molar-refractivity contribution in [3.63, 3.8) is 0 Å². The topological polar surface area (TPSA) is 59.4 Å². The summed E-state index contributed by atoms with van der Waals surface area (Å²) in [7, 11) is 1.74. The van der Waals surface area contributed by atoms with E-state index in [9.17, 15) is 4.79 Å². The fourth-order valence-corrected chi connectivity index (χ4v) is 3.06. The largest absolute Gasteiger partial charge is 0.385 e. The Hall–Kier alpha value is -1.92. The Kier molecular flexibility index (Phi) is 5.16. The van der Waals surface area contributed by atoms with Gasteiger partial charge in [0.05, 0.1) is 17.6 Å². The lowest BCUT2D eigenvalue weighted by atomic mass is 10.2. The number of benzene rings is 1. The van der Waals surface area contributed by atoms with E-state index in [0.717, 1.165) is 61.8 Å². The van der Waals surface area contributed by atoms with Crippen molar-refractivity contribution in [1.82, 2.24) is 14.5 Å². The lowest BCUT2D eigenvalue weighted by molar-refractivity contribution is -0.118. The van der Waals surface area contributed by atoms with Crippen molar-refractivity contribution in [2.75, 3.05) is 32.1 Å². The maximum absolute atomic E-state index is 11.9. The Bertz CT molecular complexity index is 723. The van der Waals surface area contributed by atoms with Gasteiger partial charge in [-0.15, -0.1) is 0 Å². The van der Waals surface area contributed by atoms with E-state index >= 15 is 0 Å². The SMILES string of the molecule is COCCCN1CCn2c(nc3cc(NC(=O)C(C)C)ccc32)C1. The summed E-state index contributed by atoms with van der Waals surface area (Å²) in [5.74, 6) is 1.10. The van der Waals surface area contributed by atoms with Gasteiger partial charge in [-0.05, 0) is 24.6 Å². The highest BCUT2D eigenvalue weighted by molar-refractivity contribution is 5.94. The van der Waals surface area contributed by atoms with Gasteiger partial charge < -0.3 is 14.6 Å². The molecule has 1 aromatic heterocycles. The molecule has 6 heteroatoms. The van der Waals surface area contributed by atoms with Crippen LogP contribution in [0.2, 0.25) is 0 Å². The van der Waals surface area contributed by atoms with Crippen molar-refractivity contribution in [1.29, 1.82) is 0 Å². The second-order valence-corrected chi connectivity index (χ2v) is 6.65. The number of methoxy groups -OCH3 is 1. The molecule has 1 N–H and O–H groups in total. The minimum absolute atomic E-state index is 0.0302. The highest BCUT2D eigenvalue weighted by atomic mass is 16.5. The predicted molar refractivity (Wildman–Crippen MR) is 95.0 cm³/mol. The Labute approximate surface area is 142 Å². The number of anilines is 1. The molecule has 0 fully saturated rings. The lowest BCUT2D eigenvalue weighted by Gasteiger charge is -2.27. The minimum atomic E-state index is -0.0310. The summed E-state index contributed by atoms with van der Waals surface area (Å²) >= 11 is 0. The second kappa shape index (κ2) is 7.32. The maximum atomic E-state index is 11.9. The number of ether oxygens (including phenoxy) is 1. The highest BCUT2D eigenvalue weighted by Gasteiger charge is 2.20. The van der Waals surface area contributed by atoms with Crippen molar-refractivity contribution in [2.24, 2.45) is 5.92 Å². The normalized spacial score (nSPS) is 15.0. The zero-order chi connectivity index (χ0) is 17.1. The van der Waals surface area contributed by atoms with Crippen LogP contribution in [0, 0.1) is 5.92 Å². The first-order valence-corrected chi connectivity index (χ1v) is 8.60. The molecule has 2 aromatic rings. The molecule has 1 aliphatic heterocycles. The van der Waals surface area contributed by atoms with E-state index in [-0.39, 0.29) is 11.8 Å². The molecule has 0 unspecified atom stereocenters. The number of carbonyl (C=O) groups excluding carboxylic acids is 1. The minimum Gasteiger partial charge on any atom is -0.385 e. The number of imidazole rings is 1. The summed E-state index contributed by atoms with van der Waals surface area (Å²) in [5, 5.41) is 2.94. The molecule has 0 aliphatic carbocycles. The summed E-state index contributed by atoms with van der Waals surface area (Å²) < 4.78 is 7.42. The Morgan fingerprint density at radius 2 is 2.21 bits per heavy atom. The second-order valence-electron chi connectivity index (χ2n) is 6.65. The Morgan fingerprint density at radius 3 is 2.96 bits per heavy atom. The molecule has 130 valence electrons. The maximum Gasteiger partial charge on any atom is 0.226 e. The number of carbonyl (C=O) groups is 1. The molecule has 24 heavy (non-hydrogen) atoms. The third-order valence-corrected chi connectivity index (χ3v) is 4.45. The molecule has 1 amide bonds. The van der Waals surface area contributed by atoms with Crippen LogP contribution < -0.4 is 5.32 Å². The summed E-state index contributed by atoms with van der Waals surface area (Å²) in [6, 6.07) is 5.99. The van der Waals surface area contributed by atoms with E-state index in [2.05, 4.69) is 20.9 Å². The molecule has 0 spiro atoms. The first-order valence-electron chi connectivity index (χ1n) is 8.60. The van der Waals surface area contributed by atoms with E-state index in [4.69, 9.17) is 9.72 Å². The van der Waals surface area contributed by atoms with Gasteiger partial charge in [0.1, 0.15) is 5.82 Å². The van der Waals surface area contributed by atoms with Crippen LogP contribution in [-0.4, -0.2) is 47.2 Å². The van der Waals surface area contributed by atoms with Crippen molar-refractivity contribution in [3.8, 4) is 0 Å². The smallest absolute Gasteiger partial charge is 0.226 e. The van der Waals surface area contributed by atoms with E-state index < -0.39 is 0 Å². The van der Waals surface area contributed by atoms with Crippen LogP contribution in [0.3, 0.4) is 0 Å². The number of hydrogen-bond donors (Lipinski definition) is 1. The van der Waals surface area contributed by atoms with Crippen LogP contribution in [0.4, 0.5) is 5.69 Å². The van der Waals surface area contributed by atoms with Crippen LogP contribution in [0.1, 0.15) is 26.1 Å². The fourth-order valence-electron chi connectivity index (χ4n) is 3.06. The molecule has 0 radical (unpaired) electrons. The van der Waals surface area contributed by atoms with Crippen molar-refractivity contribution >= 4 is 22.6 Å². The molecule has 0 saturated heterocycles. The zero-order valence-corrected chi connectivity index (χ0v) is 14.7. The van der Waals surface area contributed by atoms with Crippen LogP contribution in [0.25, 0.3) is 11.0 Å². The first-order chi connectivity index (χ1) is 11.6. The van der Waals surface area contributed by atoms with E-state index in [0.29, 0.717) is 0 Å². The third kappa shape index (κ3) is 3.60. The fraction of sp³-hybridized carbons (Fsp3) is 0.556. The van der Waals surface area contributed by atoms with Crippen LogP contribution in [0.5, 0.6) is 0 Å². The monoisotopic (exact) mass is 330 g/mol. The van der Waals surface area contributed by atoms with Gasteiger partial charge in [-0.2, -0.15) is 0 Å². The van der Waals surface area contributed by atoms with Gasteiger partial charge in [-0.1, -0.05) is 13.8 Å². The van der Waals surface area contributed by atoms with E-state index in [1.807, 2.05) is 26.0 Å². The van der Waals surface area contributed by atoms with E-state index in [1.54, 1.807) is 7.11 Å². The van der Waals surface area contributed by atoms with Gasteiger partial charge in [0, 0.05) is 45.0 Å². The molecule has 0 atom stereocenters. The lowest BCUT2D eigenvalue weighted by Crippen LogP contribution is -2.34. The van der Waals surface area contributed by atoms with Crippen molar-refractivity contribution in [3.05, 3.63) is 24.0 Å².